The molecule has 2 heterocycles. The molecular formula is C27H30FN3O4. The lowest BCUT2D eigenvalue weighted by molar-refractivity contribution is -0.141. The van der Waals surface area contributed by atoms with Crippen molar-refractivity contribution in [2.24, 2.45) is 5.92 Å². The molecule has 3 aromatic rings. The van der Waals surface area contributed by atoms with Gasteiger partial charge in [-0.3, -0.25) is 9.59 Å². The fraction of sp³-hybridized carbons (Fsp3) is 0.370. The van der Waals surface area contributed by atoms with Crippen molar-refractivity contribution in [1.29, 1.82) is 0 Å². The lowest BCUT2D eigenvalue weighted by Gasteiger charge is -2.29. The fourth-order valence-corrected chi connectivity index (χ4v) is 4.65. The molecule has 8 heteroatoms. The van der Waals surface area contributed by atoms with Crippen molar-refractivity contribution in [2.75, 3.05) is 6.54 Å². The van der Waals surface area contributed by atoms with E-state index in [9.17, 15) is 19.1 Å². The molecule has 35 heavy (non-hydrogen) atoms. The highest BCUT2D eigenvalue weighted by Crippen LogP contribution is 2.31. The van der Waals surface area contributed by atoms with Crippen LogP contribution in [-0.4, -0.2) is 45.7 Å². The van der Waals surface area contributed by atoms with Crippen LogP contribution >= 0.6 is 0 Å². The van der Waals surface area contributed by atoms with E-state index in [0.717, 1.165) is 11.1 Å². The van der Waals surface area contributed by atoms with Gasteiger partial charge in [0.25, 0.3) is 0 Å². The summed E-state index contributed by atoms with van der Waals surface area (Å²) in [5.74, 6) is -1.13. The molecule has 1 aromatic heterocycles. The highest BCUT2D eigenvalue weighted by Gasteiger charge is 2.43. The van der Waals surface area contributed by atoms with Crippen molar-refractivity contribution in [3.8, 4) is 11.1 Å². The van der Waals surface area contributed by atoms with Crippen LogP contribution in [0.1, 0.15) is 50.5 Å². The van der Waals surface area contributed by atoms with E-state index in [1.807, 2.05) is 45.0 Å². The molecule has 2 amide bonds. The normalized spacial score (nSPS) is 19.5. The van der Waals surface area contributed by atoms with Gasteiger partial charge in [0.2, 0.25) is 11.8 Å². The van der Waals surface area contributed by atoms with E-state index in [2.05, 4.69) is 10.5 Å². The van der Waals surface area contributed by atoms with Crippen molar-refractivity contribution in [2.45, 2.75) is 51.3 Å². The van der Waals surface area contributed by atoms with E-state index < -0.39 is 18.1 Å². The summed E-state index contributed by atoms with van der Waals surface area (Å²) in [4.78, 5) is 28.1. The Balaban J connectivity index is 1.47. The number of likely N-dealkylation sites (tertiary alicyclic amines) is 1. The molecule has 2 aromatic carbocycles. The molecule has 7 nitrogen and oxygen atoms in total. The number of hydrogen-bond acceptors (Lipinski definition) is 5. The van der Waals surface area contributed by atoms with Crippen LogP contribution in [0.15, 0.2) is 65.3 Å². The van der Waals surface area contributed by atoms with Crippen LogP contribution in [-0.2, 0) is 9.59 Å². The van der Waals surface area contributed by atoms with Crippen molar-refractivity contribution in [3.05, 3.63) is 77.9 Å². The second-order valence-electron chi connectivity index (χ2n) is 9.36. The van der Waals surface area contributed by atoms with Crippen LogP contribution in [0.3, 0.4) is 0 Å². The first kappa shape index (κ1) is 24.6. The van der Waals surface area contributed by atoms with Gasteiger partial charge >= 0.3 is 0 Å². The third-order valence-electron chi connectivity index (χ3n) is 6.52. The van der Waals surface area contributed by atoms with Crippen molar-refractivity contribution in [1.82, 2.24) is 15.4 Å². The van der Waals surface area contributed by atoms with E-state index in [4.69, 9.17) is 4.52 Å². The van der Waals surface area contributed by atoms with E-state index >= 15 is 0 Å². The second-order valence-corrected chi connectivity index (χ2v) is 9.36. The zero-order valence-electron chi connectivity index (χ0n) is 20.0. The molecule has 0 radical (unpaired) electrons. The third kappa shape index (κ3) is 5.27. The summed E-state index contributed by atoms with van der Waals surface area (Å²) in [6.45, 7) is 5.73. The van der Waals surface area contributed by atoms with Gasteiger partial charge in [0, 0.05) is 24.6 Å². The Kier molecular flexibility index (Phi) is 7.31. The van der Waals surface area contributed by atoms with Crippen molar-refractivity contribution < 1.29 is 23.6 Å². The summed E-state index contributed by atoms with van der Waals surface area (Å²) >= 11 is 0. The Morgan fingerprint density at radius 3 is 2.46 bits per heavy atom. The molecule has 0 bridgehead atoms. The number of aliphatic hydroxyl groups is 1. The largest absolute Gasteiger partial charge is 0.391 e. The summed E-state index contributed by atoms with van der Waals surface area (Å²) in [6, 6.07) is 14.4. The van der Waals surface area contributed by atoms with Gasteiger partial charge in [0.05, 0.1) is 18.3 Å². The minimum Gasteiger partial charge on any atom is -0.391 e. The van der Waals surface area contributed by atoms with Gasteiger partial charge in [0.1, 0.15) is 23.5 Å². The van der Waals surface area contributed by atoms with Crippen molar-refractivity contribution >= 4 is 11.8 Å². The predicted molar refractivity (Wildman–Crippen MR) is 129 cm³/mol. The molecular weight excluding hydrogens is 449 g/mol. The lowest BCUT2D eigenvalue weighted by Crippen LogP contribution is -2.48. The number of nitrogens with one attached hydrogen (secondary N) is 1. The molecule has 0 saturated carbocycles. The zero-order valence-corrected chi connectivity index (χ0v) is 20.0. The minimum atomic E-state index is -0.790. The number of aliphatic hydroxyl groups excluding tert-OH is 1. The van der Waals surface area contributed by atoms with E-state index in [1.54, 1.807) is 24.3 Å². The highest BCUT2D eigenvalue weighted by atomic mass is 19.1. The highest BCUT2D eigenvalue weighted by molar-refractivity contribution is 5.91. The molecule has 184 valence electrons. The molecule has 1 saturated heterocycles. The van der Waals surface area contributed by atoms with E-state index in [1.165, 1.54) is 17.2 Å². The summed E-state index contributed by atoms with van der Waals surface area (Å²) in [7, 11) is 0. The van der Waals surface area contributed by atoms with Gasteiger partial charge in [-0.2, -0.15) is 0 Å². The number of β-amino-alcohol motifs (C(OH)–C–C–N with tert-alkyl or cyclic N) is 1. The molecule has 0 spiro atoms. The molecule has 2 N–H and O–H groups in total. The maximum Gasteiger partial charge on any atom is 0.243 e. The number of amides is 2. The summed E-state index contributed by atoms with van der Waals surface area (Å²) in [5, 5.41) is 17.0. The number of rotatable bonds is 7. The first-order valence-corrected chi connectivity index (χ1v) is 11.8. The van der Waals surface area contributed by atoms with Gasteiger partial charge in [-0.15, -0.1) is 0 Å². The quantitative estimate of drug-likeness (QED) is 0.533. The van der Waals surface area contributed by atoms with Gasteiger partial charge in [-0.25, -0.2) is 4.39 Å². The van der Waals surface area contributed by atoms with Gasteiger partial charge in [0.15, 0.2) is 0 Å². The van der Waals surface area contributed by atoms with E-state index in [0.29, 0.717) is 11.3 Å². The van der Waals surface area contributed by atoms with Crippen molar-refractivity contribution in [3.63, 3.8) is 0 Å². The first-order chi connectivity index (χ1) is 16.8. The number of carbonyl (C=O) groups excluding carboxylic acids is 2. The number of hydrogen-bond donors (Lipinski definition) is 2. The van der Waals surface area contributed by atoms with Gasteiger partial charge in [-0.05, 0) is 30.0 Å². The van der Waals surface area contributed by atoms with Crippen LogP contribution in [0.4, 0.5) is 4.39 Å². The topological polar surface area (TPSA) is 95.7 Å². The Labute approximate surface area is 203 Å². The molecule has 4 atom stereocenters. The van der Waals surface area contributed by atoms with Gasteiger partial charge in [-0.1, -0.05) is 61.5 Å². The smallest absolute Gasteiger partial charge is 0.243 e. The Hall–Kier alpha value is -3.52. The number of benzene rings is 2. The fourth-order valence-electron chi connectivity index (χ4n) is 4.65. The number of aromatic nitrogens is 1. The second kappa shape index (κ2) is 10.4. The Morgan fingerprint density at radius 2 is 1.83 bits per heavy atom. The van der Waals surface area contributed by atoms with Crippen LogP contribution in [0.2, 0.25) is 0 Å². The van der Waals surface area contributed by atoms with E-state index in [-0.39, 0.29) is 42.6 Å². The third-order valence-corrected chi connectivity index (χ3v) is 6.52. The summed E-state index contributed by atoms with van der Waals surface area (Å²) in [5.41, 5.74) is 2.10. The Morgan fingerprint density at radius 1 is 1.11 bits per heavy atom. The number of carbonyl (C=O) groups is 2. The monoisotopic (exact) mass is 479 g/mol. The minimum absolute atomic E-state index is 0.0798. The molecule has 1 fully saturated rings. The first-order valence-electron chi connectivity index (χ1n) is 11.8. The zero-order chi connectivity index (χ0) is 25.1. The maximum atomic E-state index is 14.1. The van der Waals surface area contributed by atoms with Crippen LogP contribution in [0.5, 0.6) is 0 Å². The molecule has 0 unspecified atom stereocenters. The molecule has 1 aliphatic heterocycles. The average Bonchev–Trinajstić information content (AvgIpc) is 3.49. The average molecular weight is 480 g/mol. The van der Waals surface area contributed by atoms with Crippen LogP contribution < -0.4 is 5.32 Å². The lowest BCUT2D eigenvalue weighted by atomic mass is 9.91. The summed E-state index contributed by atoms with van der Waals surface area (Å²) < 4.78 is 19.3. The predicted octanol–water partition coefficient (Wildman–Crippen LogP) is 4.06. The molecule has 4 rings (SSSR count). The maximum absolute atomic E-state index is 14.1. The van der Waals surface area contributed by atoms with Crippen LogP contribution in [0, 0.1) is 11.7 Å². The SMILES string of the molecule is CC(C)[C@@H](C(=O)N1C[C@H](O)C[C@H]1C(=O)N[C@@H](C)c1ccc(-c2ccccc2F)cc1)c1ccno1. The standard InChI is InChI=1S/C27H30FN3O4/c1-16(2)25(24-12-13-29-35-24)27(34)31-15-20(32)14-23(31)26(33)30-17(3)18-8-10-19(11-9-18)21-6-4-5-7-22(21)28/h4-13,16-17,20,23,25,32H,14-15H2,1-3H3,(H,30,33)/t17-,20+,23-,25+/m0/s1. The van der Waals surface area contributed by atoms with Crippen LogP contribution in [0.25, 0.3) is 11.1 Å². The Bertz CT molecular complexity index is 1160. The van der Waals surface area contributed by atoms with Gasteiger partial charge < -0.3 is 19.8 Å². The summed E-state index contributed by atoms with van der Waals surface area (Å²) in [6.07, 6.45) is 0.866. The number of halogens is 1. The molecule has 1 aliphatic rings. The molecule has 0 aliphatic carbocycles. The number of nitrogens with zero attached hydrogens (tertiary/aromatic N) is 2.